The summed E-state index contributed by atoms with van der Waals surface area (Å²) in [6.45, 7) is 6.39. The van der Waals surface area contributed by atoms with E-state index in [0.717, 1.165) is 57.8 Å². The second kappa shape index (κ2) is 10.7. The fourth-order valence-electron chi connectivity index (χ4n) is 9.47. The maximum absolute atomic E-state index is 11.7. The van der Waals surface area contributed by atoms with Crippen LogP contribution in [-0.4, -0.2) is 64.9 Å². The fourth-order valence-corrected chi connectivity index (χ4v) is 9.84. The van der Waals surface area contributed by atoms with E-state index in [1.807, 2.05) is 0 Å². The van der Waals surface area contributed by atoms with Crippen LogP contribution < -0.4 is 0 Å². The molecule has 0 aliphatic heterocycles. The molecule has 8 nitrogen and oxygen atoms in total. The minimum atomic E-state index is -4.51. The molecule has 4 rings (SSSR count). The number of aliphatic hydroxyl groups excluding tert-OH is 4. The van der Waals surface area contributed by atoms with Gasteiger partial charge in [-0.3, -0.25) is 4.55 Å². The first kappa shape index (κ1) is 28.7. The summed E-state index contributed by atoms with van der Waals surface area (Å²) in [5.41, 5.74) is -0.179. The van der Waals surface area contributed by atoms with Crippen molar-refractivity contribution in [2.75, 3.05) is 13.2 Å². The summed E-state index contributed by atoms with van der Waals surface area (Å²) in [7, 11) is -4.51. The molecular weight excluding hydrogens is 484 g/mol. The first-order chi connectivity index (χ1) is 16.8. The highest BCUT2D eigenvalue weighted by Crippen LogP contribution is 2.68. The zero-order valence-corrected chi connectivity index (χ0v) is 22.9. The zero-order valence-electron chi connectivity index (χ0n) is 22.1. The van der Waals surface area contributed by atoms with Crippen LogP contribution in [0.5, 0.6) is 0 Å². The molecule has 5 N–H and O–H groups in total. The van der Waals surface area contributed by atoms with Gasteiger partial charge in [0.2, 0.25) is 0 Å². The van der Waals surface area contributed by atoms with Gasteiger partial charge in [-0.05, 0) is 97.7 Å². The molecule has 0 aromatic carbocycles. The largest absolute Gasteiger partial charge is 0.397 e. The third-order valence-electron chi connectivity index (χ3n) is 11.5. The predicted octanol–water partition coefficient (Wildman–Crippen LogP) is 3.18. The minimum Gasteiger partial charge on any atom is -0.396 e. The maximum Gasteiger partial charge on any atom is 0.397 e. The van der Waals surface area contributed by atoms with Crippen molar-refractivity contribution in [1.82, 2.24) is 0 Å². The molecule has 210 valence electrons. The quantitative estimate of drug-likeness (QED) is 0.285. The van der Waals surface area contributed by atoms with Crippen LogP contribution >= 0.6 is 0 Å². The lowest BCUT2D eigenvalue weighted by molar-refractivity contribution is -0.207. The van der Waals surface area contributed by atoms with Gasteiger partial charge in [0.1, 0.15) is 0 Å². The summed E-state index contributed by atoms with van der Waals surface area (Å²) in [5.74, 6) is 1.42. The molecule has 4 aliphatic carbocycles. The van der Waals surface area contributed by atoms with Gasteiger partial charge in [-0.25, -0.2) is 4.18 Å². The molecule has 12 atom stereocenters. The van der Waals surface area contributed by atoms with E-state index >= 15 is 0 Å². The molecular formula is C27H48O8S. The lowest BCUT2D eigenvalue weighted by atomic mass is 9.43. The van der Waals surface area contributed by atoms with Crippen molar-refractivity contribution in [2.24, 2.45) is 52.3 Å². The Morgan fingerprint density at radius 2 is 1.72 bits per heavy atom. The minimum absolute atomic E-state index is 0.0680. The second-order valence-electron chi connectivity index (χ2n) is 13.2. The van der Waals surface area contributed by atoms with Gasteiger partial charge in [0, 0.05) is 12.5 Å². The van der Waals surface area contributed by atoms with E-state index in [-0.39, 0.29) is 59.9 Å². The van der Waals surface area contributed by atoms with Gasteiger partial charge in [-0.15, -0.1) is 0 Å². The van der Waals surface area contributed by atoms with E-state index < -0.39 is 16.5 Å². The van der Waals surface area contributed by atoms with Crippen molar-refractivity contribution in [1.29, 1.82) is 0 Å². The van der Waals surface area contributed by atoms with Crippen molar-refractivity contribution >= 4 is 10.4 Å². The lowest BCUT2D eigenvalue weighted by Crippen LogP contribution is -2.62. The van der Waals surface area contributed by atoms with Crippen molar-refractivity contribution in [2.45, 2.75) is 103 Å². The molecule has 9 heteroatoms. The van der Waals surface area contributed by atoms with Gasteiger partial charge in [0.25, 0.3) is 0 Å². The van der Waals surface area contributed by atoms with Crippen LogP contribution in [0.4, 0.5) is 0 Å². The molecule has 4 fully saturated rings. The average molecular weight is 533 g/mol. The Labute approximate surface area is 216 Å². The average Bonchev–Trinajstić information content (AvgIpc) is 3.16. The highest BCUT2D eigenvalue weighted by Gasteiger charge is 2.65. The van der Waals surface area contributed by atoms with Crippen LogP contribution in [0, 0.1) is 52.3 Å². The zero-order chi connectivity index (χ0) is 26.5. The van der Waals surface area contributed by atoms with E-state index in [2.05, 4.69) is 25.0 Å². The number of hydrogen-bond donors (Lipinski definition) is 5. The standard InChI is InChI=1S/C27H48O8S/c1-16(5-4-6-17(14-28)15-35-36(32,33)34)20-7-8-21-25-22(13-24(31)27(20,21)3)26(2)10-9-19(29)11-18(26)12-23(25)30/h16-25,28-31H,4-15H2,1-3H3,(H,32,33,34)/t16?,17?,18?,19-,20?,21?,22?,23?,24+,25?,26?,27?/m1/s1. The van der Waals surface area contributed by atoms with Crippen LogP contribution in [0.25, 0.3) is 0 Å². The van der Waals surface area contributed by atoms with Crippen LogP contribution in [0.3, 0.4) is 0 Å². The molecule has 0 aromatic rings. The number of hydrogen-bond acceptors (Lipinski definition) is 7. The molecule has 4 aliphatic rings. The normalized spacial score (nSPS) is 46.4. The number of fused-ring (bicyclic) bond motifs is 5. The molecule has 0 spiro atoms. The first-order valence-electron chi connectivity index (χ1n) is 14.1. The van der Waals surface area contributed by atoms with E-state index in [1.54, 1.807) is 0 Å². The molecule has 10 unspecified atom stereocenters. The van der Waals surface area contributed by atoms with E-state index in [0.29, 0.717) is 24.2 Å². The van der Waals surface area contributed by atoms with Crippen LogP contribution in [0.15, 0.2) is 0 Å². The Morgan fingerprint density at radius 3 is 2.39 bits per heavy atom. The van der Waals surface area contributed by atoms with E-state index in [4.69, 9.17) is 4.55 Å². The SMILES string of the molecule is CC(CCCC(CO)COS(=O)(=O)O)C1CCC2C3C(O)CC4C[C@H](O)CCC4(C)C3C[C@H](O)C12C. The summed E-state index contributed by atoms with van der Waals surface area (Å²) in [6, 6.07) is 0. The summed E-state index contributed by atoms with van der Waals surface area (Å²) in [5, 5.41) is 42.9. The summed E-state index contributed by atoms with van der Waals surface area (Å²) >= 11 is 0. The van der Waals surface area contributed by atoms with Crippen molar-refractivity contribution in [3.8, 4) is 0 Å². The second-order valence-corrected chi connectivity index (χ2v) is 14.3. The van der Waals surface area contributed by atoms with E-state index in [9.17, 15) is 28.8 Å². The van der Waals surface area contributed by atoms with Crippen LogP contribution in [-0.2, 0) is 14.6 Å². The topological polar surface area (TPSA) is 145 Å². The first-order valence-corrected chi connectivity index (χ1v) is 15.4. The smallest absolute Gasteiger partial charge is 0.396 e. The Morgan fingerprint density at radius 1 is 1.00 bits per heavy atom. The van der Waals surface area contributed by atoms with E-state index in [1.165, 1.54) is 0 Å². The Hall–Kier alpha value is -0.290. The monoisotopic (exact) mass is 532 g/mol. The van der Waals surface area contributed by atoms with Gasteiger partial charge in [0.05, 0.1) is 24.9 Å². The fraction of sp³-hybridized carbons (Fsp3) is 1.00. The lowest BCUT2D eigenvalue weighted by Gasteiger charge is -2.63. The number of aliphatic hydroxyl groups is 4. The Balaban J connectivity index is 1.42. The number of rotatable bonds is 9. The van der Waals surface area contributed by atoms with Gasteiger partial charge in [-0.2, -0.15) is 8.42 Å². The maximum atomic E-state index is 11.7. The Kier molecular flexibility index (Phi) is 8.53. The summed E-state index contributed by atoms with van der Waals surface area (Å²) in [6.07, 6.45) is 7.30. The predicted molar refractivity (Wildman–Crippen MR) is 135 cm³/mol. The van der Waals surface area contributed by atoms with Crippen LogP contribution in [0.1, 0.15) is 85.0 Å². The molecule has 0 saturated heterocycles. The highest BCUT2D eigenvalue weighted by atomic mass is 32.3. The Bertz CT molecular complexity index is 866. The molecule has 36 heavy (non-hydrogen) atoms. The third-order valence-corrected chi connectivity index (χ3v) is 11.9. The molecule has 0 bridgehead atoms. The van der Waals surface area contributed by atoms with Crippen molar-refractivity contribution in [3.63, 3.8) is 0 Å². The van der Waals surface area contributed by atoms with Gasteiger partial charge in [-0.1, -0.05) is 33.6 Å². The molecule has 0 aromatic heterocycles. The van der Waals surface area contributed by atoms with Crippen LogP contribution in [0.2, 0.25) is 0 Å². The molecule has 0 heterocycles. The summed E-state index contributed by atoms with van der Waals surface area (Å²) < 4.78 is 34.9. The molecule has 0 amide bonds. The van der Waals surface area contributed by atoms with Gasteiger partial charge < -0.3 is 20.4 Å². The highest BCUT2D eigenvalue weighted by molar-refractivity contribution is 7.80. The molecule has 0 radical (unpaired) electrons. The summed E-state index contributed by atoms with van der Waals surface area (Å²) in [4.78, 5) is 0. The molecule has 4 saturated carbocycles. The van der Waals surface area contributed by atoms with Gasteiger partial charge >= 0.3 is 10.4 Å². The third kappa shape index (κ3) is 5.27. The van der Waals surface area contributed by atoms with Crippen molar-refractivity contribution in [3.05, 3.63) is 0 Å². The van der Waals surface area contributed by atoms with Gasteiger partial charge in [0.15, 0.2) is 0 Å². The van der Waals surface area contributed by atoms with Crippen molar-refractivity contribution < 1.29 is 37.6 Å².